The van der Waals surface area contributed by atoms with Crippen LogP contribution in [0.5, 0.6) is 0 Å². The van der Waals surface area contributed by atoms with Crippen LogP contribution in [0.2, 0.25) is 0 Å². The summed E-state index contributed by atoms with van der Waals surface area (Å²) in [6, 6.07) is 15.5. The standard InChI is InChI=1S/C16H17NO3S/c1-12(13-8-4-3-5-9-13)17-16(18)14-10-6-7-11-15(14)21(2,19)20/h3-12H,1-2H3,(H,17,18)/t12-/m1/s1. The predicted molar refractivity (Wildman–Crippen MR) is 81.9 cm³/mol. The minimum atomic E-state index is -3.44. The molecular weight excluding hydrogens is 286 g/mol. The molecule has 110 valence electrons. The first kappa shape index (κ1) is 15.3. The number of benzene rings is 2. The van der Waals surface area contributed by atoms with E-state index in [-0.39, 0.29) is 16.5 Å². The molecule has 0 saturated carbocycles. The topological polar surface area (TPSA) is 63.2 Å². The summed E-state index contributed by atoms with van der Waals surface area (Å²) in [5.74, 6) is -0.396. The lowest BCUT2D eigenvalue weighted by Crippen LogP contribution is -2.28. The molecule has 0 aliphatic heterocycles. The second kappa shape index (κ2) is 6.10. The maximum absolute atomic E-state index is 12.3. The molecule has 0 bridgehead atoms. The van der Waals surface area contributed by atoms with Gasteiger partial charge < -0.3 is 5.32 Å². The number of rotatable bonds is 4. The molecule has 0 aliphatic carbocycles. The average molecular weight is 303 g/mol. The van der Waals surface area contributed by atoms with Gasteiger partial charge in [0, 0.05) is 6.26 Å². The van der Waals surface area contributed by atoms with Crippen LogP contribution in [0.3, 0.4) is 0 Å². The van der Waals surface area contributed by atoms with Crippen molar-refractivity contribution >= 4 is 15.7 Å². The van der Waals surface area contributed by atoms with E-state index in [1.54, 1.807) is 12.1 Å². The van der Waals surface area contributed by atoms with Crippen LogP contribution in [0.15, 0.2) is 59.5 Å². The lowest BCUT2D eigenvalue weighted by molar-refractivity contribution is 0.0936. The zero-order valence-corrected chi connectivity index (χ0v) is 12.7. The lowest BCUT2D eigenvalue weighted by Gasteiger charge is -2.15. The van der Waals surface area contributed by atoms with Crippen molar-refractivity contribution in [3.05, 3.63) is 65.7 Å². The summed E-state index contributed by atoms with van der Waals surface area (Å²) < 4.78 is 23.5. The molecular formula is C16H17NO3S. The highest BCUT2D eigenvalue weighted by atomic mass is 32.2. The van der Waals surface area contributed by atoms with Crippen LogP contribution in [0.4, 0.5) is 0 Å². The molecule has 0 spiro atoms. The first-order chi connectivity index (χ1) is 9.89. The molecule has 2 aromatic rings. The Bertz CT molecular complexity index is 739. The van der Waals surface area contributed by atoms with Gasteiger partial charge in [0.05, 0.1) is 16.5 Å². The Morgan fingerprint density at radius 1 is 1.00 bits per heavy atom. The minimum Gasteiger partial charge on any atom is -0.345 e. The zero-order valence-electron chi connectivity index (χ0n) is 11.9. The van der Waals surface area contributed by atoms with Crippen LogP contribution in [-0.4, -0.2) is 20.6 Å². The number of carbonyl (C=O) groups is 1. The monoisotopic (exact) mass is 303 g/mol. The van der Waals surface area contributed by atoms with Gasteiger partial charge >= 0.3 is 0 Å². The van der Waals surface area contributed by atoms with Gasteiger partial charge in [-0.1, -0.05) is 42.5 Å². The molecule has 0 unspecified atom stereocenters. The van der Waals surface area contributed by atoms with Crippen LogP contribution < -0.4 is 5.32 Å². The molecule has 1 amide bonds. The number of carbonyl (C=O) groups excluding carboxylic acids is 1. The average Bonchev–Trinajstić information content (AvgIpc) is 2.47. The molecule has 5 heteroatoms. The van der Waals surface area contributed by atoms with Crippen LogP contribution in [0.1, 0.15) is 28.9 Å². The summed E-state index contributed by atoms with van der Waals surface area (Å²) in [5.41, 5.74) is 1.13. The SMILES string of the molecule is C[C@@H](NC(=O)c1ccccc1S(C)(=O)=O)c1ccccc1. The summed E-state index contributed by atoms with van der Waals surface area (Å²) in [6.45, 7) is 1.86. The summed E-state index contributed by atoms with van der Waals surface area (Å²) in [4.78, 5) is 12.4. The highest BCUT2D eigenvalue weighted by Crippen LogP contribution is 2.17. The van der Waals surface area contributed by atoms with Gasteiger partial charge in [-0.3, -0.25) is 4.79 Å². The highest BCUT2D eigenvalue weighted by Gasteiger charge is 2.19. The van der Waals surface area contributed by atoms with Crippen LogP contribution in [0, 0.1) is 0 Å². The Hall–Kier alpha value is -2.14. The summed E-state index contributed by atoms with van der Waals surface area (Å²) in [6.07, 6.45) is 1.10. The molecule has 0 radical (unpaired) electrons. The molecule has 2 rings (SSSR count). The third-order valence-electron chi connectivity index (χ3n) is 3.18. The van der Waals surface area contributed by atoms with Crippen molar-refractivity contribution in [1.29, 1.82) is 0 Å². The molecule has 0 aromatic heterocycles. The first-order valence-corrected chi connectivity index (χ1v) is 8.43. The number of hydrogen-bond donors (Lipinski definition) is 1. The largest absolute Gasteiger partial charge is 0.345 e. The normalized spacial score (nSPS) is 12.7. The minimum absolute atomic E-state index is 0.0442. The zero-order chi connectivity index (χ0) is 15.5. The quantitative estimate of drug-likeness (QED) is 0.944. The van der Waals surface area contributed by atoms with E-state index < -0.39 is 15.7 Å². The second-order valence-electron chi connectivity index (χ2n) is 4.87. The fraction of sp³-hybridized carbons (Fsp3) is 0.188. The van der Waals surface area contributed by atoms with E-state index in [0.29, 0.717) is 0 Å². The van der Waals surface area contributed by atoms with Gasteiger partial charge in [0.25, 0.3) is 5.91 Å². The fourth-order valence-corrected chi connectivity index (χ4v) is 2.96. The van der Waals surface area contributed by atoms with Gasteiger partial charge in [-0.05, 0) is 24.6 Å². The first-order valence-electron chi connectivity index (χ1n) is 6.54. The Morgan fingerprint density at radius 3 is 2.19 bits per heavy atom. The Labute approximate surface area is 124 Å². The van der Waals surface area contributed by atoms with E-state index in [1.807, 2.05) is 37.3 Å². The van der Waals surface area contributed by atoms with Crippen molar-refractivity contribution in [3.63, 3.8) is 0 Å². The van der Waals surface area contributed by atoms with Gasteiger partial charge in [-0.2, -0.15) is 0 Å². The van der Waals surface area contributed by atoms with Gasteiger partial charge in [-0.15, -0.1) is 0 Å². The van der Waals surface area contributed by atoms with Gasteiger partial charge in [0.15, 0.2) is 9.84 Å². The van der Waals surface area contributed by atoms with E-state index in [4.69, 9.17) is 0 Å². The Kier molecular flexibility index (Phi) is 4.43. The summed E-state index contributed by atoms with van der Waals surface area (Å²) >= 11 is 0. The van der Waals surface area contributed by atoms with E-state index in [9.17, 15) is 13.2 Å². The molecule has 0 saturated heterocycles. The predicted octanol–water partition coefficient (Wildman–Crippen LogP) is 2.58. The van der Waals surface area contributed by atoms with Gasteiger partial charge in [0.1, 0.15) is 0 Å². The van der Waals surface area contributed by atoms with E-state index in [2.05, 4.69) is 5.32 Å². The molecule has 0 heterocycles. The van der Waals surface area contributed by atoms with Crippen molar-refractivity contribution in [3.8, 4) is 0 Å². The summed E-state index contributed by atoms with van der Waals surface area (Å²) in [7, 11) is -3.44. The van der Waals surface area contributed by atoms with E-state index in [1.165, 1.54) is 12.1 Å². The number of nitrogens with one attached hydrogen (secondary N) is 1. The number of amides is 1. The van der Waals surface area contributed by atoms with Gasteiger partial charge in [-0.25, -0.2) is 8.42 Å². The van der Waals surface area contributed by atoms with Crippen molar-refractivity contribution in [2.75, 3.05) is 6.26 Å². The molecule has 2 aromatic carbocycles. The van der Waals surface area contributed by atoms with Crippen molar-refractivity contribution < 1.29 is 13.2 Å². The van der Waals surface area contributed by atoms with Crippen LogP contribution in [0.25, 0.3) is 0 Å². The third kappa shape index (κ3) is 3.70. The molecule has 0 fully saturated rings. The molecule has 4 nitrogen and oxygen atoms in total. The molecule has 21 heavy (non-hydrogen) atoms. The van der Waals surface area contributed by atoms with E-state index in [0.717, 1.165) is 11.8 Å². The fourth-order valence-electron chi connectivity index (χ4n) is 2.08. The lowest BCUT2D eigenvalue weighted by atomic mass is 10.1. The number of sulfone groups is 1. The smallest absolute Gasteiger partial charge is 0.253 e. The summed E-state index contributed by atoms with van der Waals surface area (Å²) in [5, 5.41) is 2.82. The maximum Gasteiger partial charge on any atom is 0.253 e. The molecule has 1 atom stereocenters. The van der Waals surface area contributed by atoms with Gasteiger partial charge in [0.2, 0.25) is 0 Å². The Morgan fingerprint density at radius 2 is 1.57 bits per heavy atom. The molecule has 0 aliphatic rings. The number of hydrogen-bond acceptors (Lipinski definition) is 3. The van der Waals surface area contributed by atoms with Crippen molar-refractivity contribution in [2.24, 2.45) is 0 Å². The van der Waals surface area contributed by atoms with Crippen molar-refractivity contribution in [2.45, 2.75) is 17.9 Å². The third-order valence-corrected chi connectivity index (χ3v) is 4.33. The highest BCUT2D eigenvalue weighted by molar-refractivity contribution is 7.90. The molecule has 1 N–H and O–H groups in total. The van der Waals surface area contributed by atoms with Crippen LogP contribution >= 0.6 is 0 Å². The Balaban J connectivity index is 2.26. The second-order valence-corrected chi connectivity index (χ2v) is 6.86. The maximum atomic E-state index is 12.3. The van der Waals surface area contributed by atoms with Crippen molar-refractivity contribution in [1.82, 2.24) is 5.32 Å². The van der Waals surface area contributed by atoms with E-state index >= 15 is 0 Å². The van der Waals surface area contributed by atoms with Crippen LogP contribution in [-0.2, 0) is 9.84 Å².